The monoisotopic (exact) mass is 288 g/mol. The lowest BCUT2D eigenvalue weighted by Gasteiger charge is -2.24. The minimum atomic E-state index is -0.479. The lowest BCUT2D eigenvalue weighted by Crippen LogP contribution is -2.51. The van der Waals surface area contributed by atoms with Gasteiger partial charge in [0.05, 0.1) is 7.11 Å². The predicted octanol–water partition coefficient (Wildman–Crippen LogP) is -2.07. The molecule has 0 bridgehead atoms. The summed E-state index contributed by atoms with van der Waals surface area (Å²) in [5.41, 5.74) is 0. The molecule has 116 valence electrons. The second-order valence-corrected chi connectivity index (χ2v) is 3.97. The highest BCUT2D eigenvalue weighted by Gasteiger charge is 2.23. The standard InChI is InChI=1S/C6H10N2O2.C4H10N2.C2H4O2/c1-2-8-4-3-7-5(9)6(8)10;1-2-6-4-3-5-1;1-4-2-3/h2-4H2,1H3,(H,7,9);5-6H,1-4H2;2H,1H3. The number of carbonyl (C=O) groups excluding carboxylic acids is 3. The van der Waals surface area contributed by atoms with E-state index >= 15 is 0 Å². The molecule has 8 heteroatoms. The van der Waals surface area contributed by atoms with Crippen molar-refractivity contribution in [3.8, 4) is 0 Å². The molecule has 3 N–H and O–H groups in total. The number of piperazine rings is 2. The van der Waals surface area contributed by atoms with Crippen LogP contribution in [0.5, 0.6) is 0 Å². The lowest BCUT2D eigenvalue weighted by molar-refractivity contribution is -0.147. The number of nitrogens with zero attached hydrogens (tertiary/aromatic N) is 1. The van der Waals surface area contributed by atoms with E-state index in [2.05, 4.69) is 20.7 Å². The summed E-state index contributed by atoms with van der Waals surface area (Å²) in [5.74, 6) is -0.887. The summed E-state index contributed by atoms with van der Waals surface area (Å²) in [4.78, 5) is 32.0. The topological polar surface area (TPSA) is 99.8 Å². The van der Waals surface area contributed by atoms with E-state index in [-0.39, 0.29) is 0 Å². The van der Waals surface area contributed by atoms with Gasteiger partial charge in [-0.1, -0.05) is 0 Å². The van der Waals surface area contributed by atoms with E-state index in [1.54, 1.807) is 0 Å². The summed E-state index contributed by atoms with van der Waals surface area (Å²) < 4.78 is 3.86. The highest BCUT2D eigenvalue weighted by molar-refractivity contribution is 6.35. The number of hydrogen-bond acceptors (Lipinski definition) is 6. The number of ether oxygens (including phenoxy) is 1. The van der Waals surface area contributed by atoms with Gasteiger partial charge in [0, 0.05) is 45.8 Å². The Morgan fingerprint density at radius 3 is 1.95 bits per heavy atom. The van der Waals surface area contributed by atoms with Gasteiger partial charge in [-0.15, -0.1) is 0 Å². The number of nitrogens with one attached hydrogen (secondary N) is 3. The summed E-state index contributed by atoms with van der Waals surface area (Å²) in [6.07, 6.45) is 0. The van der Waals surface area contributed by atoms with Crippen molar-refractivity contribution in [2.24, 2.45) is 0 Å². The van der Waals surface area contributed by atoms with Crippen LogP contribution in [0.25, 0.3) is 0 Å². The van der Waals surface area contributed by atoms with Gasteiger partial charge in [0.25, 0.3) is 6.47 Å². The maximum absolute atomic E-state index is 10.9. The average Bonchev–Trinajstić information content (AvgIpc) is 2.52. The average molecular weight is 288 g/mol. The quantitative estimate of drug-likeness (QED) is 0.399. The van der Waals surface area contributed by atoms with Gasteiger partial charge in [-0.2, -0.15) is 0 Å². The first-order valence-electron chi connectivity index (χ1n) is 6.62. The smallest absolute Gasteiger partial charge is 0.311 e. The van der Waals surface area contributed by atoms with Crippen LogP contribution in [0.4, 0.5) is 0 Å². The van der Waals surface area contributed by atoms with Crippen molar-refractivity contribution < 1.29 is 19.1 Å². The number of rotatable bonds is 2. The van der Waals surface area contributed by atoms with Crippen molar-refractivity contribution >= 4 is 18.3 Å². The van der Waals surface area contributed by atoms with Crippen LogP contribution in [-0.4, -0.2) is 76.1 Å². The molecule has 20 heavy (non-hydrogen) atoms. The Morgan fingerprint density at radius 2 is 1.65 bits per heavy atom. The molecule has 0 radical (unpaired) electrons. The minimum absolute atomic E-state index is 0.375. The third-order valence-electron chi connectivity index (χ3n) is 2.58. The number of hydrogen-bond donors (Lipinski definition) is 3. The van der Waals surface area contributed by atoms with Crippen LogP contribution < -0.4 is 16.0 Å². The lowest BCUT2D eigenvalue weighted by atomic mass is 10.3. The molecule has 2 amide bonds. The highest BCUT2D eigenvalue weighted by Crippen LogP contribution is 1.93. The van der Waals surface area contributed by atoms with E-state index in [0.717, 1.165) is 26.2 Å². The molecule has 0 saturated carbocycles. The van der Waals surface area contributed by atoms with Gasteiger partial charge in [0.2, 0.25) is 0 Å². The van der Waals surface area contributed by atoms with E-state index in [4.69, 9.17) is 4.79 Å². The summed E-state index contributed by atoms with van der Waals surface area (Å²) in [6.45, 7) is 8.63. The van der Waals surface area contributed by atoms with Crippen molar-refractivity contribution in [1.82, 2.24) is 20.9 Å². The summed E-state index contributed by atoms with van der Waals surface area (Å²) >= 11 is 0. The molecule has 8 nitrogen and oxygen atoms in total. The van der Waals surface area contributed by atoms with Crippen LogP contribution in [0, 0.1) is 0 Å². The zero-order chi connectivity index (χ0) is 15.2. The van der Waals surface area contributed by atoms with E-state index in [1.165, 1.54) is 12.0 Å². The van der Waals surface area contributed by atoms with Crippen LogP contribution in [0.2, 0.25) is 0 Å². The van der Waals surface area contributed by atoms with Crippen molar-refractivity contribution in [3.63, 3.8) is 0 Å². The molecule has 0 aromatic heterocycles. The molecule has 0 aromatic rings. The van der Waals surface area contributed by atoms with Gasteiger partial charge < -0.3 is 25.6 Å². The molecule has 0 spiro atoms. The van der Waals surface area contributed by atoms with Crippen molar-refractivity contribution in [2.75, 3.05) is 52.9 Å². The summed E-state index contributed by atoms with van der Waals surface area (Å²) in [6, 6.07) is 0. The van der Waals surface area contributed by atoms with Crippen LogP contribution >= 0.6 is 0 Å². The van der Waals surface area contributed by atoms with Crippen molar-refractivity contribution in [1.29, 1.82) is 0 Å². The number of carbonyl (C=O) groups is 3. The normalized spacial score (nSPS) is 17.8. The van der Waals surface area contributed by atoms with Gasteiger partial charge in [-0.05, 0) is 6.92 Å². The maximum atomic E-state index is 10.9. The fourth-order valence-electron chi connectivity index (χ4n) is 1.53. The molecule has 0 unspecified atom stereocenters. The fourth-order valence-corrected chi connectivity index (χ4v) is 1.53. The van der Waals surface area contributed by atoms with Crippen LogP contribution in [-0.2, 0) is 19.1 Å². The Bertz CT molecular complexity index is 284. The van der Waals surface area contributed by atoms with Gasteiger partial charge in [0.1, 0.15) is 0 Å². The third-order valence-corrected chi connectivity index (χ3v) is 2.58. The van der Waals surface area contributed by atoms with Crippen LogP contribution in [0.1, 0.15) is 6.92 Å². The fraction of sp³-hybridized carbons (Fsp3) is 0.750. The molecule has 0 aliphatic carbocycles. The van der Waals surface area contributed by atoms with Crippen LogP contribution in [0.15, 0.2) is 0 Å². The van der Waals surface area contributed by atoms with Crippen molar-refractivity contribution in [3.05, 3.63) is 0 Å². The zero-order valence-corrected chi connectivity index (χ0v) is 12.1. The van der Waals surface area contributed by atoms with E-state index < -0.39 is 11.8 Å². The first-order chi connectivity index (χ1) is 9.67. The summed E-state index contributed by atoms with van der Waals surface area (Å²) in [5, 5.41) is 8.91. The highest BCUT2D eigenvalue weighted by atomic mass is 16.5. The van der Waals surface area contributed by atoms with Gasteiger partial charge >= 0.3 is 11.8 Å². The second kappa shape index (κ2) is 12.4. The third kappa shape index (κ3) is 8.44. The molecule has 2 fully saturated rings. The van der Waals surface area contributed by atoms with Crippen molar-refractivity contribution in [2.45, 2.75) is 6.92 Å². The van der Waals surface area contributed by atoms with Gasteiger partial charge in [-0.25, -0.2) is 0 Å². The predicted molar refractivity (Wildman–Crippen MR) is 74.1 cm³/mol. The second-order valence-electron chi connectivity index (χ2n) is 3.97. The van der Waals surface area contributed by atoms with Gasteiger partial charge in [-0.3, -0.25) is 14.4 Å². The Hall–Kier alpha value is -1.67. The SMILES string of the molecule is C1CNCCN1.CCN1CCNC(=O)C1=O.COC=O. The number of likely N-dealkylation sites (N-methyl/N-ethyl adjacent to an activating group) is 1. The van der Waals surface area contributed by atoms with E-state index in [1.807, 2.05) is 6.92 Å². The van der Waals surface area contributed by atoms with E-state index in [0.29, 0.717) is 26.1 Å². The first kappa shape index (κ1) is 18.3. The summed E-state index contributed by atoms with van der Waals surface area (Å²) in [7, 11) is 1.31. The first-order valence-corrected chi connectivity index (χ1v) is 6.62. The Kier molecular flexibility index (Phi) is 11.3. The molecular weight excluding hydrogens is 264 g/mol. The van der Waals surface area contributed by atoms with Crippen LogP contribution in [0.3, 0.4) is 0 Å². The maximum Gasteiger partial charge on any atom is 0.311 e. The molecule has 2 aliphatic heterocycles. The molecule has 0 atom stereocenters. The number of amides is 2. The minimum Gasteiger partial charge on any atom is -0.471 e. The Balaban J connectivity index is 0.000000307. The molecule has 2 rings (SSSR count). The van der Waals surface area contributed by atoms with E-state index in [9.17, 15) is 9.59 Å². The zero-order valence-electron chi connectivity index (χ0n) is 12.1. The Labute approximate surface area is 119 Å². The Morgan fingerprint density at radius 1 is 1.15 bits per heavy atom. The molecule has 0 aromatic carbocycles. The van der Waals surface area contributed by atoms with Gasteiger partial charge in [0.15, 0.2) is 0 Å². The molecule has 2 aliphatic rings. The molecule has 2 heterocycles. The molecular formula is C12H24N4O4. The molecule has 2 saturated heterocycles. The largest absolute Gasteiger partial charge is 0.471 e. The number of methoxy groups -OCH3 is 1.